The van der Waals surface area contributed by atoms with Gasteiger partial charge in [0, 0.05) is 5.56 Å². The first-order valence-corrected chi connectivity index (χ1v) is 8.03. The number of aryl methyl sites for hydroxylation is 1. The van der Waals surface area contributed by atoms with E-state index in [0.29, 0.717) is 17.7 Å². The summed E-state index contributed by atoms with van der Waals surface area (Å²) < 4.78 is 11.0. The number of carboxylic acids is 1. The molecular weight excluding hydrogens is 304 g/mol. The third-order valence-corrected chi connectivity index (χ3v) is 3.79. The van der Waals surface area contributed by atoms with Crippen molar-refractivity contribution in [3.05, 3.63) is 59.2 Å². The van der Waals surface area contributed by atoms with Crippen LogP contribution in [0.25, 0.3) is 0 Å². The molecule has 1 N–H and O–H groups in total. The van der Waals surface area contributed by atoms with Gasteiger partial charge in [-0.05, 0) is 51.0 Å². The first kappa shape index (κ1) is 17.9. The van der Waals surface area contributed by atoms with E-state index >= 15 is 0 Å². The fourth-order valence-corrected chi connectivity index (χ4v) is 2.67. The number of carboxylic acid groups (broad SMARTS) is 1. The van der Waals surface area contributed by atoms with Crippen LogP contribution in [0.5, 0.6) is 11.5 Å². The van der Waals surface area contributed by atoms with Crippen LogP contribution in [0.15, 0.2) is 42.5 Å². The van der Waals surface area contributed by atoms with E-state index < -0.39 is 11.9 Å². The molecule has 0 fully saturated rings. The number of aliphatic carboxylic acids is 1. The number of rotatable bonds is 7. The van der Waals surface area contributed by atoms with E-state index in [-0.39, 0.29) is 6.10 Å². The molecule has 0 aliphatic rings. The van der Waals surface area contributed by atoms with Crippen molar-refractivity contribution in [1.82, 2.24) is 0 Å². The Morgan fingerprint density at radius 1 is 1.12 bits per heavy atom. The Morgan fingerprint density at radius 3 is 2.33 bits per heavy atom. The van der Waals surface area contributed by atoms with Crippen LogP contribution in [-0.2, 0) is 11.2 Å². The Labute approximate surface area is 143 Å². The van der Waals surface area contributed by atoms with Crippen molar-refractivity contribution >= 4 is 5.97 Å². The molecule has 0 saturated heterocycles. The summed E-state index contributed by atoms with van der Waals surface area (Å²) in [6, 6.07) is 13.2. The zero-order valence-corrected chi connectivity index (χ0v) is 14.6. The summed E-state index contributed by atoms with van der Waals surface area (Å²) in [6.07, 6.45) is 0.510. The van der Waals surface area contributed by atoms with E-state index in [1.165, 1.54) is 0 Å². The van der Waals surface area contributed by atoms with Crippen LogP contribution in [0, 0.1) is 6.92 Å². The van der Waals surface area contributed by atoms with Gasteiger partial charge < -0.3 is 14.6 Å². The van der Waals surface area contributed by atoms with Crippen LogP contribution in [0.1, 0.15) is 36.5 Å². The Kier molecular flexibility index (Phi) is 5.85. The highest BCUT2D eigenvalue weighted by atomic mass is 16.5. The van der Waals surface area contributed by atoms with Gasteiger partial charge in [0.1, 0.15) is 11.5 Å². The van der Waals surface area contributed by atoms with Crippen molar-refractivity contribution < 1.29 is 19.4 Å². The second-order valence-electron chi connectivity index (χ2n) is 6.15. The number of hydrogen-bond donors (Lipinski definition) is 1. The van der Waals surface area contributed by atoms with Crippen molar-refractivity contribution in [3.8, 4) is 11.5 Å². The number of ether oxygens (including phenoxy) is 2. The molecule has 0 spiro atoms. The first-order chi connectivity index (χ1) is 11.4. The molecule has 0 amide bonds. The minimum Gasteiger partial charge on any atom is -0.496 e. The lowest BCUT2D eigenvalue weighted by Gasteiger charge is -2.17. The van der Waals surface area contributed by atoms with Crippen molar-refractivity contribution in [2.75, 3.05) is 7.11 Å². The minimum atomic E-state index is -0.860. The monoisotopic (exact) mass is 328 g/mol. The van der Waals surface area contributed by atoms with E-state index in [9.17, 15) is 9.90 Å². The topological polar surface area (TPSA) is 55.8 Å². The van der Waals surface area contributed by atoms with Gasteiger partial charge in [-0.15, -0.1) is 0 Å². The van der Waals surface area contributed by atoms with Gasteiger partial charge in [-0.1, -0.05) is 29.8 Å². The van der Waals surface area contributed by atoms with E-state index in [1.807, 2.05) is 63.2 Å². The van der Waals surface area contributed by atoms with Crippen molar-refractivity contribution in [2.45, 2.75) is 39.2 Å². The van der Waals surface area contributed by atoms with E-state index in [2.05, 4.69) is 0 Å². The maximum Gasteiger partial charge on any atom is 0.311 e. The molecule has 0 radical (unpaired) electrons. The van der Waals surface area contributed by atoms with Crippen molar-refractivity contribution in [2.24, 2.45) is 0 Å². The third kappa shape index (κ3) is 4.51. The molecule has 2 aromatic rings. The predicted octanol–water partition coefficient (Wildman–Crippen LogP) is 4.20. The Balaban J connectivity index is 2.26. The molecule has 1 unspecified atom stereocenters. The van der Waals surface area contributed by atoms with Crippen LogP contribution in [0.4, 0.5) is 0 Å². The van der Waals surface area contributed by atoms with Crippen LogP contribution in [-0.4, -0.2) is 24.3 Å². The molecule has 24 heavy (non-hydrogen) atoms. The molecular formula is C20H24O4. The number of benzene rings is 2. The molecule has 0 aromatic heterocycles. The third-order valence-electron chi connectivity index (χ3n) is 3.79. The molecule has 0 saturated carbocycles. The van der Waals surface area contributed by atoms with E-state index in [1.54, 1.807) is 7.11 Å². The summed E-state index contributed by atoms with van der Waals surface area (Å²) in [5.41, 5.74) is 2.66. The zero-order chi connectivity index (χ0) is 17.7. The number of hydrogen-bond acceptors (Lipinski definition) is 3. The zero-order valence-electron chi connectivity index (χ0n) is 14.6. The second kappa shape index (κ2) is 7.86. The average Bonchev–Trinajstić information content (AvgIpc) is 2.53. The summed E-state index contributed by atoms with van der Waals surface area (Å²) in [6.45, 7) is 5.89. The summed E-state index contributed by atoms with van der Waals surface area (Å²) in [7, 11) is 1.56. The summed E-state index contributed by atoms with van der Waals surface area (Å²) in [5, 5.41) is 9.69. The van der Waals surface area contributed by atoms with Crippen LogP contribution in [0.3, 0.4) is 0 Å². The molecule has 0 heterocycles. The smallest absolute Gasteiger partial charge is 0.311 e. The maximum absolute atomic E-state index is 11.8. The normalized spacial score (nSPS) is 12.0. The van der Waals surface area contributed by atoms with Gasteiger partial charge in [0.15, 0.2) is 0 Å². The minimum absolute atomic E-state index is 0.110. The lowest BCUT2D eigenvalue weighted by atomic mass is 9.90. The molecule has 2 aromatic carbocycles. The van der Waals surface area contributed by atoms with Gasteiger partial charge in [0.2, 0.25) is 0 Å². The van der Waals surface area contributed by atoms with Crippen LogP contribution in [0.2, 0.25) is 0 Å². The lowest BCUT2D eigenvalue weighted by Crippen LogP contribution is -2.15. The van der Waals surface area contributed by atoms with Gasteiger partial charge in [0.25, 0.3) is 0 Å². The molecule has 4 heteroatoms. The molecule has 4 nitrogen and oxygen atoms in total. The standard InChI is InChI=1S/C20H24O4/c1-13(2)24-16-8-6-15(7-9-16)12-18(20(21)22)17-11-14(3)5-10-19(17)23-4/h5-11,13,18H,12H2,1-4H3,(H,21,22). The predicted molar refractivity (Wildman–Crippen MR) is 94.0 cm³/mol. The molecule has 0 aliphatic heterocycles. The van der Waals surface area contributed by atoms with Gasteiger partial charge in [-0.25, -0.2) is 0 Å². The SMILES string of the molecule is COc1ccc(C)cc1C(Cc1ccc(OC(C)C)cc1)C(=O)O. The van der Waals surface area contributed by atoms with Gasteiger partial charge >= 0.3 is 5.97 Å². The van der Waals surface area contributed by atoms with E-state index in [4.69, 9.17) is 9.47 Å². The summed E-state index contributed by atoms with van der Waals surface area (Å²) in [5.74, 6) is -0.125. The molecule has 1 atom stereocenters. The van der Waals surface area contributed by atoms with Crippen molar-refractivity contribution in [1.29, 1.82) is 0 Å². The highest BCUT2D eigenvalue weighted by Crippen LogP contribution is 2.31. The lowest BCUT2D eigenvalue weighted by molar-refractivity contribution is -0.138. The fourth-order valence-electron chi connectivity index (χ4n) is 2.67. The number of methoxy groups -OCH3 is 1. The van der Waals surface area contributed by atoms with Gasteiger partial charge in [0.05, 0.1) is 19.1 Å². The maximum atomic E-state index is 11.8. The number of carbonyl (C=O) groups is 1. The van der Waals surface area contributed by atoms with E-state index in [0.717, 1.165) is 16.9 Å². The molecule has 128 valence electrons. The van der Waals surface area contributed by atoms with Crippen molar-refractivity contribution in [3.63, 3.8) is 0 Å². The first-order valence-electron chi connectivity index (χ1n) is 8.03. The highest BCUT2D eigenvalue weighted by molar-refractivity contribution is 5.78. The van der Waals surface area contributed by atoms with Crippen LogP contribution >= 0.6 is 0 Å². The second-order valence-corrected chi connectivity index (χ2v) is 6.15. The Hall–Kier alpha value is -2.49. The van der Waals surface area contributed by atoms with Gasteiger partial charge in [-0.3, -0.25) is 4.79 Å². The molecule has 2 rings (SSSR count). The van der Waals surface area contributed by atoms with Gasteiger partial charge in [-0.2, -0.15) is 0 Å². The summed E-state index contributed by atoms with van der Waals surface area (Å²) in [4.78, 5) is 11.8. The summed E-state index contributed by atoms with van der Waals surface area (Å²) >= 11 is 0. The fraction of sp³-hybridized carbons (Fsp3) is 0.350. The average molecular weight is 328 g/mol. The Bertz CT molecular complexity index is 689. The molecule has 0 bridgehead atoms. The quantitative estimate of drug-likeness (QED) is 0.827. The largest absolute Gasteiger partial charge is 0.496 e. The van der Waals surface area contributed by atoms with Crippen LogP contribution < -0.4 is 9.47 Å². The Morgan fingerprint density at radius 2 is 1.79 bits per heavy atom. The molecule has 0 aliphatic carbocycles. The highest BCUT2D eigenvalue weighted by Gasteiger charge is 2.24.